The second kappa shape index (κ2) is 6.45. The molecule has 1 fully saturated rings. The summed E-state index contributed by atoms with van der Waals surface area (Å²) in [5.41, 5.74) is 0. The van der Waals surface area contributed by atoms with Crippen LogP contribution in [0.15, 0.2) is 17.0 Å². The molecule has 0 unspecified atom stereocenters. The van der Waals surface area contributed by atoms with Gasteiger partial charge in [0, 0.05) is 45.3 Å². The van der Waals surface area contributed by atoms with Gasteiger partial charge in [0.25, 0.3) is 0 Å². The lowest BCUT2D eigenvalue weighted by Crippen LogP contribution is -2.48. The molecule has 0 N–H and O–H groups in total. The maximum atomic E-state index is 4.32. The maximum absolute atomic E-state index is 4.32. The molecule has 6 heteroatoms. The minimum absolute atomic E-state index is 0.850. The van der Waals surface area contributed by atoms with Gasteiger partial charge in [0.15, 0.2) is 0 Å². The predicted octanol–water partition coefficient (Wildman–Crippen LogP) is 0.923. The van der Waals surface area contributed by atoms with Crippen molar-refractivity contribution in [3.05, 3.63) is 17.0 Å². The average molecular weight is 314 g/mol. The molecule has 0 bridgehead atoms. The quantitative estimate of drug-likeness (QED) is 0.773. The van der Waals surface area contributed by atoms with Gasteiger partial charge in [0.1, 0.15) is 16.7 Å². The Bertz CT molecular complexity index is 376. The Hall–Kier alpha value is -0.720. The smallest absolute Gasteiger partial charge is 0.133 e. The van der Waals surface area contributed by atoms with Crippen molar-refractivity contribution in [3.63, 3.8) is 0 Å². The summed E-state index contributed by atoms with van der Waals surface area (Å²) in [6.45, 7) is 6.56. The molecule has 18 heavy (non-hydrogen) atoms. The SMILES string of the molecule is CN(C)CCN1CCN(c2cc(Br)ncn2)CC1. The molecular formula is C12H20BrN5. The highest BCUT2D eigenvalue weighted by atomic mass is 79.9. The van der Waals surface area contributed by atoms with Crippen LogP contribution in [0.25, 0.3) is 0 Å². The molecule has 0 atom stereocenters. The van der Waals surface area contributed by atoms with Gasteiger partial charge in [-0.1, -0.05) is 0 Å². The topological polar surface area (TPSA) is 35.5 Å². The fraction of sp³-hybridized carbons (Fsp3) is 0.667. The number of halogens is 1. The van der Waals surface area contributed by atoms with Crippen LogP contribution in [-0.2, 0) is 0 Å². The van der Waals surface area contributed by atoms with Crippen LogP contribution in [-0.4, -0.2) is 73.1 Å². The Morgan fingerprint density at radius 2 is 1.94 bits per heavy atom. The molecule has 0 radical (unpaired) electrons. The van der Waals surface area contributed by atoms with E-state index in [4.69, 9.17) is 0 Å². The fourth-order valence-electron chi connectivity index (χ4n) is 2.04. The van der Waals surface area contributed by atoms with Crippen LogP contribution >= 0.6 is 15.9 Å². The molecule has 1 saturated heterocycles. The third kappa shape index (κ3) is 3.90. The zero-order valence-electron chi connectivity index (χ0n) is 11.0. The molecule has 2 heterocycles. The average Bonchev–Trinajstić information content (AvgIpc) is 2.37. The van der Waals surface area contributed by atoms with Crippen molar-refractivity contribution >= 4 is 21.7 Å². The highest BCUT2D eigenvalue weighted by Crippen LogP contribution is 2.16. The Kier molecular flexibility index (Phi) is 4.91. The van der Waals surface area contributed by atoms with E-state index in [-0.39, 0.29) is 0 Å². The van der Waals surface area contributed by atoms with Crippen molar-refractivity contribution in [1.29, 1.82) is 0 Å². The van der Waals surface area contributed by atoms with Gasteiger partial charge < -0.3 is 9.80 Å². The summed E-state index contributed by atoms with van der Waals surface area (Å²) in [7, 11) is 4.24. The third-order valence-electron chi connectivity index (χ3n) is 3.18. The van der Waals surface area contributed by atoms with Crippen molar-refractivity contribution in [2.45, 2.75) is 0 Å². The number of hydrogen-bond donors (Lipinski definition) is 0. The molecule has 1 aliphatic heterocycles. The van der Waals surface area contributed by atoms with Crippen LogP contribution in [0.3, 0.4) is 0 Å². The Morgan fingerprint density at radius 1 is 1.22 bits per heavy atom. The number of aromatic nitrogens is 2. The lowest BCUT2D eigenvalue weighted by Gasteiger charge is -2.35. The van der Waals surface area contributed by atoms with E-state index in [2.05, 4.69) is 54.7 Å². The Morgan fingerprint density at radius 3 is 2.56 bits per heavy atom. The molecule has 0 spiro atoms. The predicted molar refractivity (Wildman–Crippen MR) is 76.9 cm³/mol. The summed E-state index contributed by atoms with van der Waals surface area (Å²) in [5, 5.41) is 0. The van der Waals surface area contributed by atoms with Gasteiger partial charge >= 0.3 is 0 Å². The summed E-state index contributed by atoms with van der Waals surface area (Å²) in [6, 6.07) is 1.98. The molecule has 5 nitrogen and oxygen atoms in total. The maximum Gasteiger partial charge on any atom is 0.133 e. The first-order chi connectivity index (χ1) is 8.65. The largest absolute Gasteiger partial charge is 0.354 e. The van der Waals surface area contributed by atoms with Gasteiger partial charge in [-0.2, -0.15) is 0 Å². The van der Waals surface area contributed by atoms with Gasteiger partial charge in [-0.05, 0) is 30.0 Å². The van der Waals surface area contributed by atoms with Crippen molar-refractivity contribution < 1.29 is 0 Å². The third-order valence-corrected chi connectivity index (χ3v) is 3.61. The number of rotatable bonds is 4. The van der Waals surface area contributed by atoms with Crippen LogP contribution in [0.4, 0.5) is 5.82 Å². The number of hydrogen-bond acceptors (Lipinski definition) is 5. The van der Waals surface area contributed by atoms with E-state index in [1.165, 1.54) is 0 Å². The normalized spacial score (nSPS) is 17.4. The molecule has 100 valence electrons. The zero-order chi connectivity index (χ0) is 13.0. The van der Waals surface area contributed by atoms with Crippen LogP contribution < -0.4 is 4.90 Å². The molecule has 0 aromatic carbocycles. The number of nitrogens with zero attached hydrogens (tertiary/aromatic N) is 5. The molecule has 0 aliphatic carbocycles. The van der Waals surface area contributed by atoms with E-state index >= 15 is 0 Å². The molecule has 0 amide bonds. The van der Waals surface area contributed by atoms with Crippen LogP contribution in [0.2, 0.25) is 0 Å². The van der Waals surface area contributed by atoms with Gasteiger partial charge in [-0.3, -0.25) is 4.90 Å². The first-order valence-electron chi connectivity index (χ1n) is 6.25. The summed E-state index contributed by atoms with van der Waals surface area (Å²) in [5.74, 6) is 1.02. The van der Waals surface area contributed by atoms with Gasteiger partial charge in [-0.15, -0.1) is 0 Å². The standard InChI is InChI=1S/C12H20BrN5/c1-16(2)3-4-17-5-7-18(8-6-17)12-9-11(13)14-10-15-12/h9-10H,3-8H2,1-2H3. The number of anilines is 1. The summed E-state index contributed by atoms with van der Waals surface area (Å²) in [6.07, 6.45) is 1.61. The van der Waals surface area contributed by atoms with Crippen molar-refractivity contribution in [2.75, 3.05) is 58.3 Å². The lowest BCUT2D eigenvalue weighted by atomic mass is 10.3. The minimum Gasteiger partial charge on any atom is -0.354 e. The Labute approximate surface area is 117 Å². The summed E-state index contributed by atoms with van der Waals surface area (Å²) in [4.78, 5) is 15.4. The first-order valence-corrected chi connectivity index (χ1v) is 7.04. The summed E-state index contributed by atoms with van der Waals surface area (Å²) >= 11 is 3.39. The van der Waals surface area contributed by atoms with Crippen LogP contribution in [0.5, 0.6) is 0 Å². The highest BCUT2D eigenvalue weighted by Gasteiger charge is 2.17. The molecule has 0 saturated carbocycles. The van der Waals surface area contributed by atoms with Gasteiger partial charge in [-0.25, -0.2) is 9.97 Å². The highest BCUT2D eigenvalue weighted by molar-refractivity contribution is 9.10. The fourth-order valence-corrected chi connectivity index (χ4v) is 2.34. The monoisotopic (exact) mass is 313 g/mol. The second-order valence-corrected chi connectivity index (χ2v) is 5.64. The first kappa shape index (κ1) is 13.7. The van der Waals surface area contributed by atoms with Crippen molar-refractivity contribution in [3.8, 4) is 0 Å². The van der Waals surface area contributed by atoms with Gasteiger partial charge in [0.05, 0.1) is 0 Å². The zero-order valence-corrected chi connectivity index (χ0v) is 12.6. The summed E-state index contributed by atoms with van der Waals surface area (Å²) < 4.78 is 0.850. The second-order valence-electron chi connectivity index (χ2n) is 4.83. The molecular weight excluding hydrogens is 294 g/mol. The minimum atomic E-state index is 0.850. The number of likely N-dealkylation sites (N-methyl/N-ethyl adjacent to an activating group) is 1. The van der Waals surface area contributed by atoms with Crippen molar-refractivity contribution in [1.82, 2.24) is 19.8 Å². The number of piperazine rings is 1. The van der Waals surface area contributed by atoms with E-state index in [0.29, 0.717) is 0 Å². The van der Waals surface area contributed by atoms with E-state index in [1.54, 1.807) is 6.33 Å². The van der Waals surface area contributed by atoms with Crippen molar-refractivity contribution in [2.24, 2.45) is 0 Å². The molecule has 1 aromatic heterocycles. The lowest BCUT2D eigenvalue weighted by molar-refractivity contribution is 0.229. The van der Waals surface area contributed by atoms with E-state index < -0.39 is 0 Å². The van der Waals surface area contributed by atoms with E-state index in [0.717, 1.165) is 49.7 Å². The van der Waals surface area contributed by atoms with E-state index in [1.807, 2.05) is 6.07 Å². The van der Waals surface area contributed by atoms with E-state index in [9.17, 15) is 0 Å². The molecule has 1 aromatic rings. The van der Waals surface area contributed by atoms with Crippen LogP contribution in [0, 0.1) is 0 Å². The molecule has 2 rings (SSSR count). The van der Waals surface area contributed by atoms with Crippen LogP contribution in [0.1, 0.15) is 0 Å². The Balaban J connectivity index is 1.83. The molecule has 1 aliphatic rings. The van der Waals surface area contributed by atoms with Gasteiger partial charge in [0.2, 0.25) is 0 Å².